The first-order valence-electron chi connectivity index (χ1n) is 18.6. The van der Waals surface area contributed by atoms with Gasteiger partial charge < -0.3 is 0 Å². The number of thiophene rings is 1. The maximum atomic E-state index is 5.49. The van der Waals surface area contributed by atoms with Gasteiger partial charge in [0.1, 0.15) is 0 Å². The van der Waals surface area contributed by atoms with E-state index in [2.05, 4.69) is 194 Å². The molecular formula is C52H32N2S. The van der Waals surface area contributed by atoms with Crippen LogP contribution in [0.5, 0.6) is 0 Å². The molecule has 0 aliphatic rings. The van der Waals surface area contributed by atoms with Gasteiger partial charge in [0.15, 0.2) is 5.82 Å². The second-order valence-electron chi connectivity index (χ2n) is 14.1. The molecule has 0 saturated carbocycles. The second-order valence-corrected chi connectivity index (χ2v) is 15.2. The lowest BCUT2D eigenvalue weighted by atomic mass is 9.92. The number of nitrogens with zero attached hydrogens (tertiary/aromatic N) is 2. The zero-order chi connectivity index (χ0) is 36.3. The lowest BCUT2D eigenvalue weighted by Gasteiger charge is -2.16. The Morgan fingerprint density at radius 3 is 1.84 bits per heavy atom. The van der Waals surface area contributed by atoms with Crippen molar-refractivity contribution in [1.29, 1.82) is 0 Å². The lowest BCUT2D eigenvalue weighted by molar-refractivity contribution is 1.19. The zero-order valence-electron chi connectivity index (χ0n) is 29.8. The molecule has 0 bridgehead atoms. The predicted octanol–water partition coefficient (Wildman–Crippen LogP) is 14.6. The molecule has 256 valence electrons. The first-order chi connectivity index (χ1) is 27.2. The fourth-order valence-electron chi connectivity index (χ4n) is 8.25. The fraction of sp³-hybridized carbons (Fsp3) is 0. The average Bonchev–Trinajstić information content (AvgIpc) is 3.64. The molecule has 11 aromatic rings. The molecule has 9 aromatic carbocycles. The summed E-state index contributed by atoms with van der Waals surface area (Å²) in [7, 11) is 0. The number of hydrogen-bond acceptors (Lipinski definition) is 3. The molecule has 2 nitrogen and oxygen atoms in total. The SMILES string of the molecule is c1ccc(-c2ccccc2-c2cc(-c3cccc(-c4ccc5c(c4)sc4ccccc45)c3)nc(-c3c4ccccc4cc4c3ccc3ccccc34)n2)cc1. The van der Waals surface area contributed by atoms with Gasteiger partial charge >= 0.3 is 0 Å². The van der Waals surface area contributed by atoms with Crippen molar-refractivity contribution in [3.05, 3.63) is 194 Å². The third-order valence-electron chi connectivity index (χ3n) is 10.9. The van der Waals surface area contributed by atoms with Gasteiger partial charge in [0, 0.05) is 36.9 Å². The summed E-state index contributed by atoms with van der Waals surface area (Å²) in [6.45, 7) is 0. The molecule has 0 amide bonds. The molecule has 0 unspecified atom stereocenters. The van der Waals surface area contributed by atoms with Gasteiger partial charge in [0.2, 0.25) is 0 Å². The molecule has 55 heavy (non-hydrogen) atoms. The zero-order valence-corrected chi connectivity index (χ0v) is 30.6. The fourth-order valence-corrected chi connectivity index (χ4v) is 9.39. The first-order valence-corrected chi connectivity index (χ1v) is 19.5. The van der Waals surface area contributed by atoms with Gasteiger partial charge in [-0.3, -0.25) is 0 Å². The molecule has 0 atom stereocenters. The van der Waals surface area contributed by atoms with Gasteiger partial charge in [-0.15, -0.1) is 11.3 Å². The standard InChI is InChI=1S/C52H32N2S/c1-2-13-33(14-3-1)39-19-8-9-22-42(39)48-32-47(38-18-12-17-35(29-38)36-26-27-44-43-23-10-11-24-49(43)55-50(44)31-36)53-52(54-48)51-41-21-7-5-16-37(41)30-46-40-20-6-4-15-34(40)25-28-45(46)51/h1-32H. The molecule has 0 aliphatic heterocycles. The number of hydrogen-bond donors (Lipinski definition) is 0. The van der Waals surface area contributed by atoms with Crippen LogP contribution < -0.4 is 0 Å². The number of rotatable bonds is 5. The van der Waals surface area contributed by atoms with Crippen LogP contribution in [-0.2, 0) is 0 Å². The Hall–Kier alpha value is -6.94. The van der Waals surface area contributed by atoms with Crippen molar-refractivity contribution >= 4 is 63.8 Å². The molecule has 0 spiro atoms. The van der Waals surface area contributed by atoms with Crippen LogP contribution in [0.1, 0.15) is 0 Å². The molecule has 0 saturated heterocycles. The summed E-state index contributed by atoms with van der Waals surface area (Å²) in [5, 5.41) is 9.70. The highest BCUT2D eigenvalue weighted by Crippen LogP contribution is 2.42. The van der Waals surface area contributed by atoms with Crippen molar-refractivity contribution in [3.8, 4) is 56.2 Å². The van der Waals surface area contributed by atoms with Crippen LogP contribution in [0.15, 0.2) is 194 Å². The Balaban J connectivity index is 1.16. The van der Waals surface area contributed by atoms with Crippen LogP contribution in [0.3, 0.4) is 0 Å². The van der Waals surface area contributed by atoms with E-state index < -0.39 is 0 Å². The smallest absolute Gasteiger partial charge is 0.161 e. The van der Waals surface area contributed by atoms with Gasteiger partial charge in [-0.25, -0.2) is 9.97 Å². The number of fused-ring (bicyclic) bond motifs is 7. The van der Waals surface area contributed by atoms with Crippen molar-refractivity contribution in [3.63, 3.8) is 0 Å². The van der Waals surface area contributed by atoms with Crippen molar-refractivity contribution in [2.75, 3.05) is 0 Å². The number of aromatic nitrogens is 2. The highest BCUT2D eigenvalue weighted by Gasteiger charge is 2.19. The quantitative estimate of drug-likeness (QED) is 0.131. The van der Waals surface area contributed by atoms with Crippen molar-refractivity contribution in [2.45, 2.75) is 0 Å². The summed E-state index contributed by atoms with van der Waals surface area (Å²) < 4.78 is 2.61. The summed E-state index contributed by atoms with van der Waals surface area (Å²) >= 11 is 1.85. The molecule has 0 radical (unpaired) electrons. The van der Waals surface area contributed by atoms with E-state index in [4.69, 9.17) is 9.97 Å². The molecule has 2 aromatic heterocycles. The molecule has 0 aliphatic carbocycles. The number of benzene rings is 9. The Morgan fingerprint density at radius 2 is 0.945 bits per heavy atom. The normalized spacial score (nSPS) is 11.6. The van der Waals surface area contributed by atoms with Gasteiger partial charge in [0.05, 0.1) is 11.4 Å². The molecule has 0 N–H and O–H groups in total. The molecular weight excluding hydrogens is 685 g/mol. The van der Waals surface area contributed by atoms with Crippen LogP contribution in [0.25, 0.3) is 109 Å². The van der Waals surface area contributed by atoms with E-state index in [0.717, 1.165) is 55.5 Å². The average molecular weight is 717 g/mol. The second kappa shape index (κ2) is 12.9. The summed E-state index contributed by atoms with van der Waals surface area (Å²) in [6.07, 6.45) is 0. The topological polar surface area (TPSA) is 25.8 Å². The molecule has 2 heterocycles. The van der Waals surface area contributed by atoms with Crippen LogP contribution in [0.2, 0.25) is 0 Å². The monoisotopic (exact) mass is 716 g/mol. The largest absolute Gasteiger partial charge is 0.228 e. The van der Waals surface area contributed by atoms with E-state index in [1.165, 1.54) is 47.3 Å². The Bertz CT molecular complexity index is 3270. The van der Waals surface area contributed by atoms with Crippen LogP contribution >= 0.6 is 11.3 Å². The minimum atomic E-state index is 0.713. The maximum absolute atomic E-state index is 5.49. The molecule has 0 fully saturated rings. The van der Waals surface area contributed by atoms with Crippen LogP contribution in [0.4, 0.5) is 0 Å². The van der Waals surface area contributed by atoms with E-state index in [-0.39, 0.29) is 0 Å². The van der Waals surface area contributed by atoms with Crippen molar-refractivity contribution < 1.29 is 0 Å². The highest BCUT2D eigenvalue weighted by atomic mass is 32.1. The van der Waals surface area contributed by atoms with E-state index in [1.807, 2.05) is 11.3 Å². The highest BCUT2D eigenvalue weighted by molar-refractivity contribution is 7.25. The predicted molar refractivity (Wildman–Crippen MR) is 235 cm³/mol. The molecule has 11 rings (SSSR count). The molecule has 3 heteroatoms. The van der Waals surface area contributed by atoms with Crippen LogP contribution in [0, 0.1) is 0 Å². The maximum Gasteiger partial charge on any atom is 0.161 e. The van der Waals surface area contributed by atoms with E-state index in [0.29, 0.717) is 5.82 Å². The minimum absolute atomic E-state index is 0.713. The Morgan fingerprint density at radius 1 is 0.309 bits per heavy atom. The first kappa shape index (κ1) is 31.6. The summed E-state index contributed by atoms with van der Waals surface area (Å²) in [5.74, 6) is 0.713. The van der Waals surface area contributed by atoms with Gasteiger partial charge in [0.25, 0.3) is 0 Å². The van der Waals surface area contributed by atoms with Crippen LogP contribution in [-0.4, -0.2) is 9.97 Å². The van der Waals surface area contributed by atoms with Crippen molar-refractivity contribution in [2.24, 2.45) is 0 Å². The van der Waals surface area contributed by atoms with E-state index in [9.17, 15) is 0 Å². The summed E-state index contributed by atoms with van der Waals surface area (Å²) in [5.41, 5.74) is 9.57. The third-order valence-corrected chi connectivity index (χ3v) is 12.0. The van der Waals surface area contributed by atoms with E-state index >= 15 is 0 Å². The van der Waals surface area contributed by atoms with E-state index in [1.54, 1.807) is 0 Å². The minimum Gasteiger partial charge on any atom is -0.228 e. The Labute approximate surface area is 322 Å². The van der Waals surface area contributed by atoms with Gasteiger partial charge in [-0.1, -0.05) is 164 Å². The van der Waals surface area contributed by atoms with Crippen molar-refractivity contribution in [1.82, 2.24) is 9.97 Å². The summed E-state index contributed by atoms with van der Waals surface area (Å²) in [4.78, 5) is 11.0. The van der Waals surface area contributed by atoms with Gasteiger partial charge in [-0.2, -0.15) is 0 Å². The summed E-state index contributed by atoms with van der Waals surface area (Å²) in [6, 6.07) is 69.7. The lowest BCUT2D eigenvalue weighted by Crippen LogP contribution is -1.99. The van der Waals surface area contributed by atoms with Gasteiger partial charge in [-0.05, 0) is 84.9 Å². The third kappa shape index (κ3) is 5.40. The Kier molecular flexibility index (Phi) is 7.39.